The van der Waals surface area contributed by atoms with Crippen LogP contribution in [0, 0.1) is 6.92 Å². The number of allylic oxidation sites excluding steroid dienone is 4. The summed E-state index contributed by atoms with van der Waals surface area (Å²) < 4.78 is 27.4. The van der Waals surface area contributed by atoms with Crippen molar-refractivity contribution in [1.29, 1.82) is 0 Å². The number of nitrogens with one attached hydrogen (secondary N) is 1. The molecule has 0 aromatic heterocycles. The van der Waals surface area contributed by atoms with Gasteiger partial charge in [0.25, 0.3) is 10.0 Å². The number of aryl methyl sites for hydroxylation is 1. The van der Waals surface area contributed by atoms with Crippen LogP contribution in [-0.4, -0.2) is 20.9 Å². The number of rotatable bonds is 8. The van der Waals surface area contributed by atoms with Crippen LogP contribution < -0.4 is 9.62 Å². The smallest absolute Gasteiger partial charge is 0.264 e. The molecule has 0 aliphatic carbocycles. The number of nitrogens with zero attached hydrogens (tertiary/aromatic N) is 1. The summed E-state index contributed by atoms with van der Waals surface area (Å²) in [6.07, 6.45) is 6.06. The van der Waals surface area contributed by atoms with Crippen LogP contribution in [0.2, 0.25) is 0 Å². The summed E-state index contributed by atoms with van der Waals surface area (Å²) in [7, 11) is -3.97. The van der Waals surface area contributed by atoms with Gasteiger partial charge < -0.3 is 5.32 Å². The van der Waals surface area contributed by atoms with Crippen LogP contribution in [-0.2, 0) is 14.8 Å². The lowest BCUT2D eigenvalue weighted by molar-refractivity contribution is -0.114. The van der Waals surface area contributed by atoms with E-state index in [1.165, 1.54) is 12.2 Å². The van der Waals surface area contributed by atoms with E-state index in [1.54, 1.807) is 55.5 Å². The van der Waals surface area contributed by atoms with Gasteiger partial charge in [0.05, 0.1) is 10.6 Å². The second kappa shape index (κ2) is 9.71. The van der Waals surface area contributed by atoms with Gasteiger partial charge in [0.15, 0.2) is 0 Å². The highest BCUT2D eigenvalue weighted by atomic mass is 32.2. The van der Waals surface area contributed by atoms with E-state index in [2.05, 4.69) is 11.9 Å². The van der Waals surface area contributed by atoms with Crippen molar-refractivity contribution >= 4 is 27.3 Å². The highest BCUT2D eigenvalue weighted by Crippen LogP contribution is 2.23. The van der Waals surface area contributed by atoms with E-state index in [1.807, 2.05) is 25.1 Å². The molecule has 0 aliphatic rings. The minimum Gasteiger partial charge on any atom is -0.325 e. The van der Waals surface area contributed by atoms with Gasteiger partial charge in [-0.1, -0.05) is 49.1 Å². The Kier molecular flexibility index (Phi) is 7.35. The number of hydrogen-bond acceptors (Lipinski definition) is 3. The second-order valence-corrected chi connectivity index (χ2v) is 7.93. The number of benzene rings is 2. The van der Waals surface area contributed by atoms with Gasteiger partial charge in [-0.15, -0.1) is 0 Å². The normalized spacial score (nSPS) is 12.0. The van der Waals surface area contributed by atoms with Gasteiger partial charge >= 0.3 is 0 Å². The molecule has 0 spiro atoms. The number of para-hydroxylation sites is 1. The molecule has 1 N–H and O–H groups in total. The van der Waals surface area contributed by atoms with Crippen molar-refractivity contribution < 1.29 is 13.2 Å². The average molecular weight is 397 g/mol. The lowest BCUT2D eigenvalue weighted by Crippen LogP contribution is -2.38. The van der Waals surface area contributed by atoms with Crippen LogP contribution in [0.3, 0.4) is 0 Å². The van der Waals surface area contributed by atoms with Gasteiger partial charge in [-0.05, 0) is 55.8 Å². The maximum Gasteiger partial charge on any atom is 0.264 e. The van der Waals surface area contributed by atoms with E-state index in [0.717, 1.165) is 9.87 Å². The van der Waals surface area contributed by atoms with Crippen LogP contribution in [0.15, 0.2) is 90.4 Å². The minimum atomic E-state index is -3.97. The van der Waals surface area contributed by atoms with Crippen molar-refractivity contribution in [2.45, 2.75) is 13.8 Å². The first-order valence-electron chi connectivity index (χ1n) is 8.78. The molecule has 0 bridgehead atoms. The zero-order valence-corrected chi connectivity index (χ0v) is 16.8. The molecule has 6 heteroatoms. The Hall–Kier alpha value is -3.12. The predicted octanol–water partition coefficient (Wildman–Crippen LogP) is 4.42. The number of carbonyl (C=O) groups excluding carboxylic acids is 1. The molecular formula is C22H24N2O3S. The Morgan fingerprint density at radius 1 is 1.14 bits per heavy atom. The Morgan fingerprint density at radius 2 is 1.86 bits per heavy atom. The first-order chi connectivity index (χ1) is 13.4. The number of sulfonamides is 1. The van der Waals surface area contributed by atoms with Crippen LogP contribution in [0.25, 0.3) is 0 Å². The van der Waals surface area contributed by atoms with Crippen LogP contribution in [0.1, 0.15) is 12.5 Å². The third-order valence-corrected chi connectivity index (χ3v) is 5.69. The summed E-state index contributed by atoms with van der Waals surface area (Å²) in [4.78, 5) is 12.6. The second-order valence-electron chi connectivity index (χ2n) is 6.06. The summed E-state index contributed by atoms with van der Waals surface area (Å²) >= 11 is 0. The maximum atomic E-state index is 13.2. The summed E-state index contributed by atoms with van der Waals surface area (Å²) in [5.74, 6) is -0.438. The van der Waals surface area contributed by atoms with Crippen molar-refractivity contribution in [3.63, 3.8) is 0 Å². The standard InChI is InChI=1S/C22H24N2O3S/c1-4-6-15-21(5-2)28(26,27)24(20-13-8-7-9-14-20)17-22(25)23-19-12-10-11-18(3)16-19/h4-16H,2,17H2,1,3H3,(H,23,25)/b6-4+,21-15-. The first kappa shape index (κ1) is 21.2. The molecule has 0 atom stereocenters. The van der Waals surface area contributed by atoms with E-state index >= 15 is 0 Å². The Labute approximate surface area is 166 Å². The zero-order valence-electron chi connectivity index (χ0n) is 16.0. The molecule has 0 saturated carbocycles. The number of anilines is 2. The lowest BCUT2D eigenvalue weighted by atomic mass is 10.2. The molecule has 0 radical (unpaired) electrons. The lowest BCUT2D eigenvalue weighted by Gasteiger charge is -2.24. The van der Waals surface area contributed by atoms with Crippen LogP contribution in [0.5, 0.6) is 0 Å². The van der Waals surface area contributed by atoms with Crippen molar-refractivity contribution in [1.82, 2.24) is 0 Å². The van der Waals surface area contributed by atoms with Crippen molar-refractivity contribution in [3.05, 3.63) is 95.9 Å². The van der Waals surface area contributed by atoms with E-state index in [0.29, 0.717) is 11.4 Å². The molecule has 1 amide bonds. The summed E-state index contributed by atoms with van der Waals surface area (Å²) in [6.45, 7) is 6.95. The zero-order chi connectivity index (χ0) is 20.6. The molecule has 146 valence electrons. The summed E-state index contributed by atoms with van der Waals surface area (Å²) in [5.41, 5.74) is 2.01. The molecule has 2 aromatic carbocycles. The predicted molar refractivity (Wildman–Crippen MR) is 116 cm³/mol. The Balaban J connectivity index is 2.37. The van der Waals surface area contributed by atoms with Gasteiger partial charge in [0, 0.05) is 5.69 Å². The molecule has 2 aromatic rings. The average Bonchev–Trinajstić information content (AvgIpc) is 2.67. The minimum absolute atomic E-state index is 0.0119. The summed E-state index contributed by atoms with van der Waals surface area (Å²) in [6, 6.07) is 15.8. The molecule has 0 fully saturated rings. The molecule has 0 unspecified atom stereocenters. The van der Waals surface area contributed by atoms with Gasteiger partial charge in [0.1, 0.15) is 6.54 Å². The van der Waals surface area contributed by atoms with Crippen molar-refractivity contribution in [2.24, 2.45) is 0 Å². The fourth-order valence-corrected chi connectivity index (χ4v) is 3.94. The van der Waals surface area contributed by atoms with E-state index < -0.39 is 15.9 Å². The van der Waals surface area contributed by atoms with Gasteiger partial charge in [-0.25, -0.2) is 8.42 Å². The fraction of sp³-hybridized carbons (Fsp3) is 0.136. The van der Waals surface area contributed by atoms with Gasteiger partial charge in [0.2, 0.25) is 5.91 Å². The Morgan fingerprint density at radius 3 is 2.46 bits per heavy atom. The topological polar surface area (TPSA) is 66.5 Å². The third kappa shape index (κ3) is 5.44. The first-order valence-corrected chi connectivity index (χ1v) is 10.2. The highest BCUT2D eigenvalue weighted by Gasteiger charge is 2.27. The van der Waals surface area contributed by atoms with E-state index in [-0.39, 0.29) is 11.4 Å². The maximum absolute atomic E-state index is 13.2. The number of carbonyl (C=O) groups is 1. The molecule has 5 nitrogen and oxygen atoms in total. The molecule has 0 saturated heterocycles. The molecule has 2 rings (SSSR count). The molecule has 0 aliphatic heterocycles. The fourth-order valence-electron chi connectivity index (χ4n) is 2.54. The van der Waals surface area contributed by atoms with Crippen LogP contribution >= 0.6 is 0 Å². The van der Waals surface area contributed by atoms with Gasteiger partial charge in [-0.2, -0.15) is 0 Å². The van der Waals surface area contributed by atoms with E-state index in [4.69, 9.17) is 0 Å². The van der Waals surface area contributed by atoms with E-state index in [9.17, 15) is 13.2 Å². The number of hydrogen-bond donors (Lipinski definition) is 1. The quantitative estimate of drug-likeness (QED) is 0.672. The van der Waals surface area contributed by atoms with Gasteiger partial charge in [-0.3, -0.25) is 9.10 Å². The monoisotopic (exact) mass is 396 g/mol. The Bertz CT molecular complexity index is 993. The molecule has 0 heterocycles. The SMILES string of the molecule is C=C/C(=C/C=C/C)S(=O)(=O)N(CC(=O)Nc1cccc(C)c1)c1ccccc1. The summed E-state index contributed by atoms with van der Waals surface area (Å²) in [5, 5.41) is 2.75. The molecular weight excluding hydrogens is 372 g/mol. The van der Waals surface area contributed by atoms with Crippen molar-refractivity contribution in [3.8, 4) is 0 Å². The third-order valence-electron chi connectivity index (χ3n) is 3.88. The largest absolute Gasteiger partial charge is 0.325 e. The van der Waals surface area contributed by atoms with Crippen LogP contribution in [0.4, 0.5) is 11.4 Å². The highest BCUT2D eigenvalue weighted by molar-refractivity contribution is 7.96. The molecule has 28 heavy (non-hydrogen) atoms. The number of amides is 1. The van der Waals surface area contributed by atoms with Crippen molar-refractivity contribution in [2.75, 3.05) is 16.2 Å².